The Morgan fingerprint density at radius 2 is 2.54 bits per heavy atom. The second-order valence-electron chi connectivity index (χ2n) is 3.48. The molecule has 1 aliphatic rings. The molecular formula is C10H15NO2. The highest BCUT2D eigenvalue weighted by Gasteiger charge is 2.27. The molecule has 0 radical (unpaired) electrons. The van der Waals surface area contributed by atoms with E-state index in [1.807, 2.05) is 12.1 Å². The third-order valence-corrected chi connectivity index (χ3v) is 2.70. The van der Waals surface area contributed by atoms with Gasteiger partial charge in [0.1, 0.15) is 5.76 Å². The van der Waals surface area contributed by atoms with Gasteiger partial charge in [-0.3, -0.25) is 0 Å². The van der Waals surface area contributed by atoms with Gasteiger partial charge in [-0.25, -0.2) is 0 Å². The third kappa shape index (κ3) is 1.76. The maximum atomic E-state index is 5.73. The van der Waals surface area contributed by atoms with Crippen molar-refractivity contribution in [2.45, 2.75) is 12.3 Å². The van der Waals surface area contributed by atoms with Crippen LogP contribution in [0.3, 0.4) is 0 Å². The first-order valence-electron chi connectivity index (χ1n) is 4.73. The van der Waals surface area contributed by atoms with E-state index in [4.69, 9.17) is 14.9 Å². The smallest absolute Gasteiger partial charge is 0.108 e. The van der Waals surface area contributed by atoms with Gasteiger partial charge < -0.3 is 14.9 Å². The SMILES string of the molecule is NCC(c1ccco1)C1CCOC1. The zero-order valence-electron chi connectivity index (χ0n) is 7.61. The van der Waals surface area contributed by atoms with Gasteiger partial charge in [-0.05, 0) is 24.5 Å². The summed E-state index contributed by atoms with van der Waals surface area (Å²) >= 11 is 0. The minimum absolute atomic E-state index is 0.331. The highest BCUT2D eigenvalue weighted by atomic mass is 16.5. The lowest BCUT2D eigenvalue weighted by Gasteiger charge is -2.17. The molecule has 13 heavy (non-hydrogen) atoms. The van der Waals surface area contributed by atoms with E-state index in [1.54, 1.807) is 6.26 Å². The van der Waals surface area contributed by atoms with Crippen LogP contribution >= 0.6 is 0 Å². The van der Waals surface area contributed by atoms with Crippen molar-refractivity contribution in [1.29, 1.82) is 0 Å². The number of ether oxygens (including phenoxy) is 1. The van der Waals surface area contributed by atoms with Crippen LogP contribution in [-0.2, 0) is 4.74 Å². The average molecular weight is 181 g/mol. The van der Waals surface area contributed by atoms with E-state index in [1.165, 1.54) is 0 Å². The van der Waals surface area contributed by atoms with Gasteiger partial charge in [0.15, 0.2) is 0 Å². The topological polar surface area (TPSA) is 48.4 Å². The molecule has 0 aliphatic carbocycles. The summed E-state index contributed by atoms with van der Waals surface area (Å²) in [5.41, 5.74) is 5.73. The lowest BCUT2D eigenvalue weighted by atomic mass is 9.90. The lowest BCUT2D eigenvalue weighted by Crippen LogP contribution is -2.21. The van der Waals surface area contributed by atoms with Crippen molar-refractivity contribution in [3.8, 4) is 0 Å². The summed E-state index contributed by atoms with van der Waals surface area (Å²) < 4.78 is 10.7. The predicted molar refractivity (Wildman–Crippen MR) is 49.4 cm³/mol. The molecule has 2 heterocycles. The molecule has 0 spiro atoms. The van der Waals surface area contributed by atoms with Gasteiger partial charge in [0.2, 0.25) is 0 Å². The van der Waals surface area contributed by atoms with Gasteiger partial charge in [-0.1, -0.05) is 0 Å². The molecule has 0 bridgehead atoms. The Morgan fingerprint density at radius 3 is 3.08 bits per heavy atom. The van der Waals surface area contributed by atoms with Gasteiger partial charge in [0.05, 0.1) is 12.9 Å². The normalized spacial score (nSPS) is 24.8. The molecule has 1 saturated heterocycles. The van der Waals surface area contributed by atoms with Crippen molar-refractivity contribution in [3.63, 3.8) is 0 Å². The molecule has 2 unspecified atom stereocenters. The fourth-order valence-electron chi connectivity index (χ4n) is 1.91. The molecule has 3 nitrogen and oxygen atoms in total. The standard InChI is InChI=1S/C10H15NO2/c11-6-9(8-3-5-12-7-8)10-2-1-4-13-10/h1-2,4,8-9H,3,5-7,11H2. The third-order valence-electron chi connectivity index (χ3n) is 2.70. The Hall–Kier alpha value is -0.800. The molecule has 1 fully saturated rings. The summed E-state index contributed by atoms with van der Waals surface area (Å²) in [4.78, 5) is 0. The van der Waals surface area contributed by atoms with Gasteiger partial charge in [-0.15, -0.1) is 0 Å². The van der Waals surface area contributed by atoms with Crippen molar-refractivity contribution in [1.82, 2.24) is 0 Å². The van der Waals surface area contributed by atoms with Gasteiger partial charge in [0, 0.05) is 19.1 Å². The Kier molecular flexibility index (Phi) is 2.66. The average Bonchev–Trinajstić information content (AvgIpc) is 2.76. The number of rotatable bonds is 3. The van der Waals surface area contributed by atoms with Crippen molar-refractivity contribution in [2.24, 2.45) is 11.7 Å². The van der Waals surface area contributed by atoms with Crippen molar-refractivity contribution >= 4 is 0 Å². The van der Waals surface area contributed by atoms with Gasteiger partial charge >= 0.3 is 0 Å². The fourth-order valence-corrected chi connectivity index (χ4v) is 1.91. The van der Waals surface area contributed by atoms with Crippen molar-refractivity contribution in [3.05, 3.63) is 24.2 Å². The maximum Gasteiger partial charge on any atom is 0.108 e. The zero-order valence-corrected chi connectivity index (χ0v) is 7.61. The van der Waals surface area contributed by atoms with E-state index in [-0.39, 0.29) is 0 Å². The molecule has 0 saturated carbocycles. The summed E-state index contributed by atoms with van der Waals surface area (Å²) in [5, 5.41) is 0. The first-order valence-corrected chi connectivity index (χ1v) is 4.73. The van der Waals surface area contributed by atoms with Crippen LogP contribution < -0.4 is 5.73 Å². The Morgan fingerprint density at radius 1 is 1.62 bits per heavy atom. The molecule has 2 N–H and O–H groups in total. The van der Waals surface area contributed by atoms with E-state index in [9.17, 15) is 0 Å². The summed E-state index contributed by atoms with van der Waals surface area (Å²) in [6.07, 6.45) is 2.80. The Labute approximate surface area is 77.9 Å². The molecule has 0 aromatic carbocycles. The van der Waals surface area contributed by atoms with Crippen LogP contribution in [0.25, 0.3) is 0 Å². The minimum Gasteiger partial charge on any atom is -0.469 e. The summed E-state index contributed by atoms with van der Waals surface area (Å²) in [7, 11) is 0. The van der Waals surface area contributed by atoms with Crippen LogP contribution in [0.2, 0.25) is 0 Å². The Balaban J connectivity index is 2.08. The first kappa shape index (κ1) is 8.78. The highest BCUT2D eigenvalue weighted by Crippen LogP contribution is 2.30. The van der Waals surface area contributed by atoms with Crippen LogP contribution in [0.4, 0.5) is 0 Å². The number of nitrogens with two attached hydrogens (primary N) is 1. The highest BCUT2D eigenvalue weighted by molar-refractivity contribution is 5.08. The summed E-state index contributed by atoms with van der Waals surface area (Å²) in [6, 6.07) is 3.91. The quantitative estimate of drug-likeness (QED) is 0.765. The Bertz CT molecular complexity index is 239. The molecule has 0 amide bonds. The minimum atomic E-state index is 0.331. The van der Waals surface area contributed by atoms with Crippen LogP contribution in [0.15, 0.2) is 22.8 Å². The second kappa shape index (κ2) is 3.94. The van der Waals surface area contributed by atoms with Crippen LogP contribution in [0.5, 0.6) is 0 Å². The molecular weight excluding hydrogens is 166 g/mol. The molecule has 2 rings (SSSR count). The van der Waals surface area contributed by atoms with Crippen molar-refractivity contribution in [2.75, 3.05) is 19.8 Å². The number of hydrogen-bond donors (Lipinski definition) is 1. The van der Waals surface area contributed by atoms with E-state index in [0.717, 1.165) is 25.4 Å². The number of furan rings is 1. The van der Waals surface area contributed by atoms with Crippen LogP contribution in [0.1, 0.15) is 18.1 Å². The monoisotopic (exact) mass is 181 g/mol. The lowest BCUT2D eigenvalue weighted by molar-refractivity contribution is 0.178. The molecule has 2 atom stereocenters. The maximum absolute atomic E-state index is 5.73. The molecule has 3 heteroatoms. The van der Waals surface area contributed by atoms with Gasteiger partial charge in [-0.2, -0.15) is 0 Å². The van der Waals surface area contributed by atoms with Crippen molar-refractivity contribution < 1.29 is 9.15 Å². The summed E-state index contributed by atoms with van der Waals surface area (Å²) in [5.74, 6) is 1.87. The first-order chi connectivity index (χ1) is 6.42. The van der Waals surface area contributed by atoms with E-state index in [2.05, 4.69) is 0 Å². The van der Waals surface area contributed by atoms with E-state index in [0.29, 0.717) is 18.4 Å². The van der Waals surface area contributed by atoms with Crippen LogP contribution in [-0.4, -0.2) is 19.8 Å². The van der Waals surface area contributed by atoms with E-state index < -0.39 is 0 Å². The fraction of sp³-hybridized carbons (Fsp3) is 0.600. The number of hydrogen-bond acceptors (Lipinski definition) is 3. The second-order valence-corrected chi connectivity index (χ2v) is 3.48. The predicted octanol–water partition coefficient (Wildman–Crippen LogP) is 1.36. The van der Waals surface area contributed by atoms with Gasteiger partial charge in [0.25, 0.3) is 0 Å². The zero-order chi connectivity index (χ0) is 9.10. The molecule has 1 aromatic rings. The molecule has 1 aromatic heterocycles. The summed E-state index contributed by atoms with van der Waals surface area (Å²) in [6.45, 7) is 2.33. The largest absolute Gasteiger partial charge is 0.469 e. The molecule has 72 valence electrons. The van der Waals surface area contributed by atoms with E-state index >= 15 is 0 Å². The van der Waals surface area contributed by atoms with Crippen LogP contribution in [0, 0.1) is 5.92 Å². The molecule has 1 aliphatic heterocycles.